The third-order valence-corrected chi connectivity index (χ3v) is 4.49. The van der Waals surface area contributed by atoms with Crippen LogP contribution in [0.3, 0.4) is 0 Å². The topological polar surface area (TPSA) is 30.7 Å². The highest BCUT2D eigenvalue weighted by molar-refractivity contribution is 9.10. The number of alkyl halides is 1. The molecule has 0 aliphatic rings. The minimum Gasteiger partial charge on any atom is -0.280 e. The number of hydrogen-bond acceptors (Lipinski definition) is 2. The van der Waals surface area contributed by atoms with E-state index in [-0.39, 0.29) is 0 Å². The molecule has 0 N–H and O–H groups in total. The normalized spacial score (nSPS) is 11.2. The van der Waals surface area contributed by atoms with Gasteiger partial charge in [-0.05, 0) is 62.5 Å². The van der Waals surface area contributed by atoms with Crippen LogP contribution in [0.1, 0.15) is 11.4 Å². The predicted molar refractivity (Wildman–Crippen MR) is 93.4 cm³/mol. The van der Waals surface area contributed by atoms with Crippen molar-refractivity contribution in [3.63, 3.8) is 0 Å². The highest BCUT2D eigenvalue weighted by Gasteiger charge is 2.15. The SMILES string of the molecule is Cc1ccc(Br)c(-n2c(CCCl)nc3cc(Br)cnc32)c1. The van der Waals surface area contributed by atoms with Gasteiger partial charge in [0.15, 0.2) is 5.65 Å². The Hall–Kier alpha value is -0.910. The quantitative estimate of drug-likeness (QED) is 0.547. The van der Waals surface area contributed by atoms with Gasteiger partial charge in [0, 0.05) is 27.4 Å². The maximum Gasteiger partial charge on any atom is 0.164 e. The molecule has 0 spiro atoms. The first-order chi connectivity index (χ1) is 10.1. The van der Waals surface area contributed by atoms with Crippen molar-refractivity contribution in [2.45, 2.75) is 13.3 Å². The van der Waals surface area contributed by atoms with E-state index in [0.29, 0.717) is 12.3 Å². The molecule has 0 atom stereocenters. The summed E-state index contributed by atoms with van der Waals surface area (Å²) in [5, 5.41) is 0. The molecule has 0 aliphatic carbocycles. The Kier molecular flexibility index (Phi) is 4.33. The zero-order valence-corrected chi connectivity index (χ0v) is 15.2. The Morgan fingerprint density at radius 3 is 2.81 bits per heavy atom. The van der Waals surface area contributed by atoms with E-state index in [9.17, 15) is 0 Å². The van der Waals surface area contributed by atoms with Gasteiger partial charge in [0.1, 0.15) is 11.3 Å². The summed E-state index contributed by atoms with van der Waals surface area (Å²) >= 11 is 13.0. The molecule has 0 aliphatic heterocycles. The van der Waals surface area contributed by atoms with E-state index in [2.05, 4.69) is 65.5 Å². The molecule has 0 unspecified atom stereocenters. The Balaban J connectivity index is 2.33. The minimum absolute atomic E-state index is 0.522. The summed E-state index contributed by atoms with van der Waals surface area (Å²) in [6.07, 6.45) is 2.48. The monoisotopic (exact) mass is 427 g/mol. The lowest BCUT2D eigenvalue weighted by Gasteiger charge is -2.11. The van der Waals surface area contributed by atoms with E-state index >= 15 is 0 Å². The molecular formula is C15H12Br2ClN3. The highest BCUT2D eigenvalue weighted by Crippen LogP contribution is 2.28. The molecule has 2 aromatic heterocycles. The van der Waals surface area contributed by atoms with Crippen LogP contribution >= 0.6 is 43.5 Å². The summed E-state index contributed by atoms with van der Waals surface area (Å²) in [7, 11) is 0. The van der Waals surface area contributed by atoms with Gasteiger partial charge in [-0.1, -0.05) is 6.07 Å². The number of benzene rings is 1. The Bertz CT molecular complexity index is 814. The minimum atomic E-state index is 0.522. The van der Waals surface area contributed by atoms with Crippen molar-refractivity contribution in [1.29, 1.82) is 0 Å². The standard InChI is InChI=1S/C15H12Br2ClN3/c1-9-2-3-11(17)13(6-9)21-14(4-5-18)20-12-7-10(16)8-19-15(12)21/h2-3,6-8H,4-5H2,1H3. The molecule has 3 aromatic rings. The highest BCUT2D eigenvalue weighted by atomic mass is 79.9. The van der Waals surface area contributed by atoms with Crippen LogP contribution < -0.4 is 0 Å². The summed E-state index contributed by atoms with van der Waals surface area (Å²) in [6.45, 7) is 2.07. The number of halogens is 3. The maximum atomic E-state index is 5.93. The largest absolute Gasteiger partial charge is 0.280 e. The van der Waals surface area contributed by atoms with E-state index in [1.165, 1.54) is 5.56 Å². The number of aromatic nitrogens is 3. The van der Waals surface area contributed by atoms with Gasteiger partial charge < -0.3 is 0 Å². The number of aryl methyl sites for hydroxylation is 2. The van der Waals surface area contributed by atoms with Gasteiger partial charge in [-0.15, -0.1) is 11.6 Å². The zero-order valence-electron chi connectivity index (χ0n) is 11.3. The summed E-state index contributed by atoms with van der Waals surface area (Å²) < 4.78 is 4.00. The van der Waals surface area contributed by atoms with Gasteiger partial charge in [-0.25, -0.2) is 9.97 Å². The van der Waals surface area contributed by atoms with Crippen LogP contribution in [0.5, 0.6) is 0 Å². The van der Waals surface area contributed by atoms with Gasteiger partial charge in [0.25, 0.3) is 0 Å². The van der Waals surface area contributed by atoms with Crippen molar-refractivity contribution in [2.75, 3.05) is 5.88 Å². The summed E-state index contributed by atoms with van der Waals surface area (Å²) in [4.78, 5) is 9.20. The molecule has 0 radical (unpaired) electrons. The smallest absolute Gasteiger partial charge is 0.164 e. The van der Waals surface area contributed by atoms with E-state index < -0.39 is 0 Å². The first-order valence-corrected chi connectivity index (χ1v) is 8.57. The van der Waals surface area contributed by atoms with Crippen LogP contribution in [0.4, 0.5) is 0 Å². The lowest BCUT2D eigenvalue weighted by Crippen LogP contribution is -2.04. The van der Waals surface area contributed by atoms with Crippen LogP contribution in [0.25, 0.3) is 16.9 Å². The average molecular weight is 430 g/mol. The fourth-order valence-corrected chi connectivity index (χ4v) is 3.20. The lowest BCUT2D eigenvalue weighted by molar-refractivity contribution is 0.901. The number of imidazole rings is 1. The third kappa shape index (κ3) is 2.87. The van der Waals surface area contributed by atoms with Crippen LogP contribution in [-0.2, 0) is 6.42 Å². The number of rotatable bonds is 3. The van der Waals surface area contributed by atoms with Crippen LogP contribution in [0.15, 0.2) is 39.4 Å². The van der Waals surface area contributed by atoms with Crippen molar-refractivity contribution < 1.29 is 0 Å². The molecule has 0 fully saturated rings. The molecule has 0 saturated carbocycles. The van der Waals surface area contributed by atoms with Crippen molar-refractivity contribution in [3.8, 4) is 5.69 Å². The second kappa shape index (κ2) is 6.07. The van der Waals surface area contributed by atoms with Crippen molar-refractivity contribution in [1.82, 2.24) is 14.5 Å². The second-order valence-corrected chi connectivity index (χ2v) is 6.90. The van der Waals surface area contributed by atoms with Gasteiger partial charge in [0.05, 0.1) is 5.69 Å². The van der Waals surface area contributed by atoms with Crippen molar-refractivity contribution in [2.24, 2.45) is 0 Å². The zero-order chi connectivity index (χ0) is 15.0. The second-order valence-electron chi connectivity index (χ2n) is 4.75. The molecule has 0 saturated heterocycles. The van der Waals surface area contributed by atoms with Crippen molar-refractivity contribution >= 4 is 54.6 Å². The molecular weight excluding hydrogens is 417 g/mol. The number of nitrogens with zero attached hydrogens (tertiary/aromatic N) is 3. The van der Waals surface area contributed by atoms with Gasteiger partial charge >= 0.3 is 0 Å². The van der Waals surface area contributed by atoms with Crippen molar-refractivity contribution in [3.05, 3.63) is 50.8 Å². The molecule has 21 heavy (non-hydrogen) atoms. The molecule has 1 aromatic carbocycles. The average Bonchev–Trinajstić information content (AvgIpc) is 2.79. The number of fused-ring (bicyclic) bond motifs is 1. The first-order valence-electron chi connectivity index (χ1n) is 6.45. The van der Waals surface area contributed by atoms with E-state index in [4.69, 9.17) is 11.6 Å². The summed E-state index contributed by atoms with van der Waals surface area (Å²) in [6, 6.07) is 8.20. The molecule has 0 amide bonds. The molecule has 6 heteroatoms. The maximum absolute atomic E-state index is 5.93. The Morgan fingerprint density at radius 1 is 1.24 bits per heavy atom. The van der Waals surface area contributed by atoms with Gasteiger partial charge in [-0.2, -0.15) is 0 Å². The van der Waals surface area contributed by atoms with E-state index in [1.54, 1.807) is 6.20 Å². The number of hydrogen-bond donors (Lipinski definition) is 0. The van der Waals surface area contributed by atoms with Crippen LogP contribution in [-0.4, -0.2) is 20.4 Å². The molecule has 3 nitrogen and oxygen atoms in total. The summed E-state index contributed by atoms with van der Waals surface area (Å²) in [5.74, 6) is 1.44. The fraction of sp³-hybridized carbons (Fsp3) is 0.200. The third-order valence-electron chi connectivity index (χ3n) is 3.19. The Morgan fingerprint density at radius 2 is 2.05 bits per heavy atom. The summed E-state index contributed by atoms with van der Waals surface area (Å²) in [5.41, 5.74) is 3.92. The van der Waals surface area contributed by atoms with E-state index in [0.717, 1.165) is 31.6 Å². The lowest BCUT2D eigenvalue weighted by atomic mass is 10.2. The van der Waals surface area contributed by atoms with Crippen LogP contribution in [0.2, 0.25) is 0 Å². The van der Waals surface area contributed by atoms with Gasteiger partial charge in [0.2, 0.25) is 0 Å². The molecule has 108 valence electrons. The molecule has 0 bridgehead atoms. The van der Waals surface area contributed by atoms with E-state index in [1.807, 2.05) is 12.1 Å². The predicted octanol–water partition coefficient (Wildman–Crippen LogP) is 5.04. The fourth-order valence-electron chi connectivity index (χ4n) is 2.29. The Labute approximate surface area is 144 Å². The number of pyridine rings is 1. The molecule has 2 heterocycles. The molecule has 3 rings (SSSR count). The first kappa shape index (κ1) is 15.0. The van der Waals surface area contributed by atoms with Gasteiger partial charge in [-0.3, -0.25) is 4.57 Å². The van der Waals surface area contributed by atoms with Crippen LogP contribution in [0, 0.1) is 6.92 Å².